The molecule has 0 aromatic rings. The summed E-state index contributed by atoms with van der Waals surface area (Å²) in [6.07, 6.45) is 1.83. The van der Waals surface area contributed by atoms with Crippen molar-refractivity contribution in [2.24, 2.45) is 5.92 Å². The summed E-state index contributed by atoms with van der Waals surface area (Å²) in [5, 5.41) is 0. The summed E-state index contributed by atoms with van der Waals surface area (Å²) in [4.78, 5) is 0. The van der Waals surface area contributed by atoms with Gasteiger partial charge in [-0.15, -0.1) is 0 Å². The number of methoxy groups -OCH3 is 1. The molecule has 1 heteroatoms. The minimum Gasteiger partial charge on any atom is -0.497 e. The van der Waals surface area contributed by atoms with Crippen molar-refractivity contribution < 1.29 is 4.74 Å². The summed E-state index contributed by atoms with van der Waals surface area (Å²) in [7, 11) is 1.61. The lowest BCUT2D eigenvalue weighted by Crippen LogP contribution is -1.85. The molecule has 0 rings (SSSR count). The van der Waals surface area contributed by atoms with Gasteiger partial charge in [-0.2, -0.15) is 0 Å². The van der Waals surface area contributed by atoms with Gasteiger partial charge in [-0.25, -0.2) is 0 Å². The number of allylic oxidation sites excluding steroid dienone is 2. The first-order valence-corrected chi connectivity index (χ1v) is 3.99. The van der Waals surface area contributed by atoms with Crippen molar-refractivity contribution in [3.63, 3.8) is 0 Å². The average Bonchev–Trinajstić information content (AvgIpc) is 2.02. The molecule has 0 saturated carbocycles. The van der Waals surface area contributed by atoms with Crippen LogP contribution in [-0.2, 0) is 4.74 Å². The van der Waals surface area contributed by atoms with E-state index in [1.54, 1.807) is 7.11 Å². The predicted molar refractivity (Wildman–Crippen MR) is 52.5 cm³/mol. The zero-order valence-electron chi connectivity index (χ0n) is 8.27. The Labute approximate surface area is 75.1 Å². The highest BCUT2D eigenvalue weighted by atomic mass is 16.5. The first kappa shape index (κ1) is 10.8. The minimum absolute atomic E-state index is 0.407. The molecule has 0 atom stereocenters. The minimum atomic E-state index is 0.407. The van der Waals surface area contributed by atoms with Crippen molar-refractivity contribution in [2.75, 3.05) is 7.11 Å². The second-order valence-electron chi connectivity index (χ2n) is 2.90. The number of ether oxygens (including phenoxy) is 1. The van der Waals surface area contributed by atoms with Crippen LogP contribution in [0, 0.1) is 17.8 Å². The van der Waals surface area contributed by atoms with Crippen LogP contribution in [0.25, 0.3) is 0 Å². The Kier molecular flexibility index (Phi) is 4.96. The Bertz CT molecular complexity index is 235. The van der Waals surface area contributed by atoms with Gasteiger partial charge in [0, 0.05) is 5.92 Å². The lowest BCUT2D eigenvalue weighted by Gasteiger charge is -2.00. The van der Waals surface area contributed by atoms with Crippen molar-refractivity contribution >= 4 is 0 Å². The maximum Gasteiger partial charge on any atom is 0.115 e. The summed E-state index contributed by atoms with van der Waals surface area (Å²) in [5.41, 5.74) is 0.977. The molecule has 0 radical (unpaired) electrons. The van der Waals surface area contributed by atoms with Gasteiger partial charge in [-0.05, 0) is 18.6 Å². The third-order valence-electron chi connectivity index (χ3n) is 1.35. The lowest BCUT2D eigenvalue weighted by atomic mass is 10.2. The molecule has 0 aromatic carbocycles. The highest BCUT2D eigenvalue weighted by molar-refractivity contribution is 5.30. The van der Waals surface area contributed by atoms with Crippen LogP contribution in [-0.4, -0.2) is 7.11 Å². The standard InChI is InChI=1S/C11H16O/c1-9(2)7-6-8-10(3)11(4)12-5/h8-9H,4H2,1-3,5H3/b10-8-. The van der Waals surface area contributed by atoms with Gasteiger partial charge in [0.25, 0.3) is 0 Å². The molecule has 0 N–H and O–H groups in total. The fourth-order valence-electron chi connectivity index (χ4n) is 0.558. The van der Waals surface area contributed by atoms with Crippen molar-refractivity contribution in [1.82, 2.24) is 0 Å². The van der Waals surface area contributed by atoms with Gasteiger partial charge < -0.3 is 4.74 Å². The van der Waals surface area contributed by atoms with Crippen molar-refractivity contribution in [3.8, 4) is 11.8 Å². The molecule has 0 unspecified atom stereocenters. The third-order valence-corrected chi connectivity index (χ3v) is 1.35. The van der Waals surface area contributed by atoms with Crippen molar-refractivity contribution in [3.05, 3.63) is 24.0 Å². The van der Waals surface area contributed by atoms with E-state index in [1.165, 1.54) is 0 Å². The Balaban J connectivity index is 4.21. The van der Waals surface area contributed by atoms with Crippen molar-refractivity contribution in [2.45, 2.75) is 20.8 Å². The van der Waals surface area contributed by atoms with Crippen LogP contribution in [0.15, 0.2) is 24.0 Å². The van der Waals surface area contributed by atoms with Gasteiger partial charge in [0.1, 0.15) is 5.76 Å². The molecule has 0 bridgehead atoms. The van der Waals surface area contributed by atoms with E-state index in [1.807, 2.05) is 13.0 Å². The van der Waals surface area contributed by atoms with Crippen LogP contribution >= 0.6 is 0 Å². The van der Waals surface area contributed by atoms with Gasteiger partial charge >= 0.3 is 0 Å². The van der Waals surface area contributed by atoms with Crippen LogP contribution in [0.2, 0.25) is 0 Å². The summed E-state index contributed by atoms with van der Waals surface area (Å²) < 4.78 is 4.94. The molecular formula is C11H16O. The second kappa shape index (κ2) is 5.49. The fourth-order valence-corrected chi connectivity index (χ4v) is 0.558. The molecule has 0 fully saturated rings. The Morgan fingerprint density at radius 2 is 2.08 bits per heavy atom. The van der Waals surface area contributed by atoms with Crippen LogP contribution in [0.4, 0.5) is 0 Å². The summed E-state index contributed by atoms with van der Waals surface area (Å²) >= 11 is 0. The molecule has 66 valence electrons. The van der Waals surface area contributed by atoms with E-state index in [2.05, 4.69) is 32.3 Å². The Hall–Kier alpha value is -1.16. The van der Waals surface area contributed by atoms with E-state index >= 15 is 0 Å². The molecule has 0 aromatic heterocycles. The lowest BCUT2D eigenvalue weighted by molar-refractivity contribution is 0.303. The topological polar surface area (TPSA) is 9.23 Å². The number of rotatable bonds is 2. The normalized spacial score (nSPS) is 10.6. The summed E-state index contributed by atoms with van der Waals surface area (Å²) in [6, 6.07) is 0. The molecule has 0 amide bonds. The largest absolute Gasteiger partial charge is 0.497 e. The highest BCUT2D eigenvalue weighted by Gasteiger charge is 1.91. The summed E-state index contributed by atoms with van der Waals surface area (Å²) in [5.74, 6) is 7.06. The molecule has 0 heterocycles. The summed E-state index contributed by atoms with van der Waals surface area (Å²) in [6.45, 7) is 9.76. The maximum atomic E-state index is 4.94. The first-order chi connectivity index (χ1) is 5.57. The Morgan fingerprint density at radius 1 is 1.50 bits per heavy atom. The van der Waals surface area contributed by atoms with Crippen LogP contribution < -0.4 is 0 Å². The second-order valence-corrected chi connectivity index (χ2v) is 2.90. The number of hydrogen-bond donors (Lipinski definition) is 0. The predicted octanol–water partition coefficient (Wildman–Crippen LogP) is 2.75. The SMILES string of the molecule is C=C(OC)/C(C)=C\C#CC(C)C. The van der Waals surface area contributed by atoms with E-state index in [9.17, 15) is 0 Å². The Morgan fingerprint density at radius 3 is 2.50 bits per heavy atom. The molecule has 1 nitrogen and oxygen atoms in total. The van der Waals surface area contributed by atoms with Crippen LogP contribution in [0.3, 0.4) is 0 Å². The fraction of sp³-hybridized carbons (Fsp3) is 0.455. The van der Waals surface area contributed by atoms with E-state index in [0.29, 0.717) is 11.7 Å². The van der Waals surface area contributed by atoms with Crippen LogP contribution in [0.5, 0.6) is 0 Å². The van der Waals surface area contributed by atoms with Gasteiger partial charge in [-0.3, -0.25) is 0 Å². The quantitative estimate of drug-likeness (QED) is 0.346. The maximum absolute atomic E-state index is 4.94. The average molecular weight is 164 g/mol. The molecule has 0 aliphatic heterocycles. The first-order valence-electron chi connectivity index (χ1n) is 3.99. The highest BCUT2D eigenvalue weighted by Crippen LogP contribution is 2.05. The van der Waals surface area contributed by atoms with E-state index in [4.69, 9.17) is 4.74 Å². The zero-order chi connectivity index (χ0) is 9.56. The smallest absolute Gasteiger partial charge is 0.115 e. The monoisotopic (exact) mass is 164 g/mol. The molecular weight excluding hydrogens is 148 g/mol. The van der Waals surface area contributed by atoms with E-state index < -0.39 is 0 Å². The third kappa shape index (κ3) is 4.62. The zero-order valence-corrected chi connectivity index (χ0v) is 8.27. The van der Waals surface area contributed by atoms with E-state index in [-0.39, 0.29) is 0 Å². The van der Waals surface area contributed by atoms with Gasteiger partial charge in [0.15, 0.2) is 0 Å². The van der Waals surface area contributed by atoms with Gasteiger partial charge in [0.05, 0.1) is 7.11 Å². The van der Waals surface area contributed by atoms with Gasteiger partial charge in [0.2, 0.25) is 0 Å². The molecule has 0 aliphatic carbocycles. The molecule has 0 spiro atoms. The van der Waals surface area contributed by atoms with Crippen molar-refractivity contribution in [1.29, 1.82) is 0 Å². The molecule has 0 saturated heterocycles. The number of hydrogen-bond acceptors (Lipinski definition) is 1. The molecule has 0 aliphatic rings. The van der Waals surface area contributed by atoms with Crippen LogP contribution in [0.1, 0.15) is 20.8 Å². The van der Waals surface area contributed by atoms with E-state index in [0.717, 1.165) is 5.57 Å². The van der Waals surface area contributed by atoms with Gasteiger partial charge in [-0.1, -0.05) is 32.3 Å². The molecule has 12 heavy (non-hydrogen) atoms.